The van der Waals surface area contributed by atoms with E-state index in [-0.39, 0.29) is 0 Å². The molecule has 0 heterocycles. The molecule has 0 saturated carbocycles. The van der Waals surface area contributed by atoms with E-state index < -0.39 is 25.0 Å². The molecule has 0 unspecified atom stereocenters. The van der Waals surface area contributed by atoms with Gasteiger partial charge in [0.25, 0.3) is 0 Å². The molecule has 0 saturated heterocycles. The highest BCUT2D eigenvalue weighted by atomic mass is 28.4. The highest BCUT2D eigenvalue weighted by molar-refractivity contribution is 6.85. The van der Waals surface area contributed by atoms with Crippen LogP contribution in [0, 0.1) is 0 Å². The molecule has 0 aromatic rings. The van der Waals surface area contributed by atoms with Crippen molar-refractivity contribution >= 4 is 25.0 Å². The molecular formula is C13H34O2Si3. The van der Waals surface area contributed by atoms with Crippen molar-refractivity contribution in [1.82, 2.24) is 0 Å². The maximum absolute atomic E-state index is 6.61. The van der Waals surface area contributed by atoms with E-state index in [1.807, 2.05) is 7.11 Å². The first kappa shape index (κ1) is 18.6. The van der Waals surface area contributed by atoms with E-state index in [0.29, 0.717) is 0 Å². The summed E-state index contributed by atoms with van der Waals surface area (Å²) in [6.45, 7) is 16.4. The van der Waals surface area contributed by atoms with Gasteiger partial charge in [-0.05, 0) is 57.4 Å². The van der Waals surface area contributed by atoms with Crippen LogP contribution >= 0.6 is 0 Å². The van der Waals surface area contributed by atoms with Gasteiger partial charge in [-0.15, -0.1) is 0 Å². The minimum absolute atomic E-state index is 1.24. The molecule has 0 N–H and O–H groups in total. The smallest absolute Gasteiger partial charge is 0.186 e. The highest BCUT2D eigenvalue weighted by Gasteiger charge is 2.34. The molecule has 0 amide bonds. The zero-order valence-electron chi connectivity index (χ0n) is 13.9. The molecule has 18 heavy (non-hydrogen) atoms. The Balaban J connectivity index is 4.29. The predicted octanol–water partition coefficient (Wildman–Crippen LogP) is 5.06. The largest absolute Gasteiger partial charge is 0.456 e. The molecule has 0 aliphatic carbocycles. The van der Waals surface area contributed by atoms with Crippen molar-refractivity contribution in [2.75, 3.05) is 7.11 Å². The fourth-order valence-electron chi connectivity index (χ4n) is 2.16. The Morgan fingerprint density at radius 1 is 0.722 bits per heavy atom. The molecule has 110 valence electrons. The van der Waals surface area contributed by atoms with Crippen LogP contribution < -0.4 is 0 Å². The van der Waals surface area contributed by atoms with Crippen LogP contribution in [-0.2, 0) is 8.54 Å². The number of rotatable bonds is 9. The lowest BCUT2D eigenvalue weighted by molar-refractivity contribution is 0.404. The van der Waals surface area contributed by atoms with Crippen molar-refractivity contribution in [3.05, 3.63) is 0 Å². The van der Waals surface area contributed by atoms with Crippen molar-refractivity contribution in [2.24, 2.45) is 0 Å². The summed E-state index contributed by atoms with van der Waals surface area (Å²) in [6, 6.07) is 3.80. The summed E-state index contributed by atoms with van der Waals surface area (Å²) in [4.78, 5) is 0. The maximum Gasteiger partial charge on any atom is 0.186 e. The molecular weight excluding hydrogens is 272 g/mol. The van der Waals surface area contributed by atoms with Crippen LogP contribution in [0.15, 0.2) is 0 Å². The van der Waals surface area contributed by atoms with Crippen LogP contribution in [0.2, 0.25) is 57.4 Å². The normalized spacial score (nSPS) is 14.0. The summed E-state index contributed by atoms with van der Waals surface area (Å²) in [7, 11) is -2.48. The second-order valence-corrected chi connectivity index (χ2v) is 20.5. The maximum atomic E-state index is 6.61. The van der Waals surface area contributed by atoms with Crippen LogP contribution in [0.3, 0.4) is 0 Å². The van der Waals surface area contributed by atoms with Crippen LogP contribution in [0.25, 0.3) is 0 Å². The van der Waals surface area contributed by atoms with Gasteiger partial charge in [-0.25, -0.2) is 0 Å². The number of hydrogen-bond donors (Lipinski definition) is 0. The van der Waals surface area contributed by atoms with Gasteiger partial charge in [0, 0.05) is 7.11 Å². The Morgan fingerprint density at radius 3 is 1.61 bits per heavy atom. The summed E-state index contributed by atoms with van der Waals surface area (Å²) in [6.07, 6.45) is 2.60. The summed E-state index contributed by atoms with van der Waals surface area (Å²) < 4.78 is 12.3. The molecule has 0 aromatic carbocycles. The van der Waals surface area contributed by atoms with Gasteiger partial charge in [-0.1, -0.05) is 19.8 Å². The minimum atomic E-state index is -1.50. The topological polar surface area (TPSA) is 18.5 Å². The molecule has 0 spiro atoms. The average molecular weight is 307 g/mol. The Bertz CT molecular complexity index is 240. The van der Waals surface area contributed by atoms with Gasteiger partial charge in [0.1, 0.15) is 0 Å². The lowest BCUT2D eigenvalue weighted by Gasteiger charge is -2.35. The van der Waals surface area contributed by atoms with Crippen molar-refractivity contribution in [3.8, 4) is 0 Å². The van der Waals surface area contributed by atoms with E-state index in [4.69, 9.17) is 8.54 Å². The van der Waals surface area contributed by atoms with Gasteiger partial charge in [0.2, 0.25) is 0 Å². The Kier molecular flexibility index (Phi) is 7.61. The Hall–Kier alpha value is 0.571. The molecule has 0 fully saturated rings. The standard InChI is InChI=1S/C13H34O2Si3/c1-9-10-11-17(5,6)15-18(7,8)13-12-16(3,4)14-2/h9-13H2,1-8H3. The number of hydrogen-bond acceptors (Lipinski definition) is 2. The first-order valence-corrected chi connectivity index (χ1v) is 16.6. The zero-order chi connectivity index (χ0) is 14.4. The molecule has 0 radical (unpaired) electrons. The molecule has 0 atom stereocenters. The van der Waals surface area contributed by atoms with Crippen LogP contribution in [0.4, 0.5) is 0 Å². The molecule has 0 aliphatic rings. The van der Waals surface area contributed by atoms with Gasteiger partial charge < -0.3 is 8.54 Å². The lowest BCUT2D eigenvalue weighted by Crippen LogP contribution is -2.45. The second kappa shape index (κ2) is 7.38. The van der Waals surface area contributed by atoms with E-state index in [2.05, 4.69) is 46.2 Å². The lowest BCUT2D eigenvalue weighted by atomic mass is 10.4. The van der Waals surface area contributed by atoms with Crippen molar-refractivity contribution in [3.63, 3.8) is 0 Å². The first-order valence-electron chi connectivity index (χ1n) is 7.29. The Morgan fingerprint density at radius 2 is 1.17 bits per heavy atom. The highest BCUT2D eigenvalue weighted by Crippen LogP contribution is 2.27. The molecule has 0 aromatic heterocycles. The molecule has 2 nitrogen and oxygen atoms in total. The van der Waals surface area contributed by atoms with Gasteiger partial charge in [0.05, 0.1) is 0 Å². The van der Waals surface area contributed by atoms with Gasteiger partial charge in [-0.3, -0.25) is 0 Å². The van der Waals surface area contributed by atoms with Gasteiger partial charge in [0.15, 0.2) is 25.0 Å². The fourth-order valence-corrected chi connectivity index (χ4v) is 15.2. The van der Waals surface area contributed by atoms with Gasteiger partial charge in [-0.2, -0.15) is 0 Å². The zero-order valence-corrected chi connectivity index (χ0v) is 16.9. The monoisotopic (exact) mass is 306 g/mol. The summed E-state index contributed by atoms with van der Waals surface area (Å²) in [5.41, 5.74) is 0. The SMILES string of the molecule is CCCC[Si](C)(C)O[Si](C)(C)CC[Si](C)(C)OC. The minimum Gasteiger partial charge on any atom is -0.456 e. The Labute approximate surface area is 118 Å². The summed E-state index contributed by atoms with van der Waals surface area (Å²) in [5, 5.41) is 0. The molecule has 0 bridgehead atoms. The summed E-state index contributed by atoms with van der Waals surface area (Å²) in [5.74, 6) is 0. The van der Waals surface area contributed by atoms with Crippen LogP contribution in [-0.4, -0.2) is 32.1 Å². The third-order valence-corrected chi connectivity index (χ3v) is 14.1. The summed E-state index contributed by atoms with van der Waals surface area (Å²) >= 11 is 0. The third kappa shape index (κ3) is 8.63. The average Bonchev–Trinajstić information content (AvgIpc) is 2.23. The van der Waals surface area contributed by atoms with Crippen LogP contribution in [0.1, 0.15) is 19.8 Å². The van der Waals surface area contributed by atoms with Crippen molar-refractivity contribution in [2.45, 2.75) is 77.2 Å². The van der Waals surface area contributed by atoms with Crippen molar-refractivity contribution < 1.29 is 8.54 Å². The van der Waals surface area contributed by atoms with E-state index in [0.717, 1.165) is 0 Å². The third-order valence-electron chi connectivity index (χ3n) is 3.57. The van der Waals surface area contributed by atoms with Crippen molar-refractivity contribution in [1.29, 1.82) is 0 Å². The first-order chi connectivity index (χ1) is 8.04. The predicted molar refractivity (Wildman–Crippen MR) is 89.9 cm³/mol. The fraction of sp³-hybridized carbons (Fsp3) is 1.00. The number of unbranched alkanes of at least 4 members (excludes halogenated alkanes) is 1. The van der Waals surface area contributed by atoms with Gasteiger partial charge >= 0.3 is 0 Å². The second-order valence-electron chi connectivity index (χ2n) is 7.19. The molecule has 0 aliphatic heterocycles. The van der Waals surface area contributed by atoms with E-state index >= 15 is 0 Å². The molecule has 5 heteroatoms. The van der Waals surface area contributed by atoms with E-state index in [1.54, 1.807) is 0 Å². The van der Waals surface area contributed by atoms with Crippen LogP contribution in [0.5, 0.6) is 0 Å². The quantitative estimate of drug-likeness (QED) is 0.554. The van der Waals surface area contributed by atoms with E-state index in [9.17, 15) is 0 Å². The van der Waals surface area contributed by atoms with E-state index in [1.165, 1.54) is 31.0 Å². The molecule has 0 rings (SSSR count).